The molecule has 1 fully saturated rings. The fourth-order valence-electron chi connectivity index (χ4n) is 3.18. The lowest BCUT2D eigenvalue weighted by Crippen LogP contribution is -2.50. The number of halogens is 2. The summed E-state index contributed by atoms with van der Waals surface area (Å²) < 4.78 is 27.2. The molecular formula is C19H18F2N6O. The van der Waals surface area contributed by atoms with Crippen molar-refractivity contribution in [2.75, 3.05) is 31.1 Å². The van der Waals surface area contributed by atoms with E-state index in [0.717, 1.165) is 0 Å². The average Bonchev–Trinajstić information content (AvgIpc) is 3.17. The van der Waals surface area contributed by atoms with Gasteiger partial charge in [0.25, 0.3) is 0 Å². The lowest BCUT2D eigenvalue weighted by atomic mass is 10.2. The number of amides is 1. The summed E-state index contributed by atoms with van der Waals surface area (Å²) in [5, 5.41) is 11.9. The van der Waals surface area contributed by atoms with Gasteiger partial charge in [0.05, 0.1) is 5.69 Å². The van der Waals surface area contributed by atoms with E-state index in [0.29, 0.717) is 37.4 Å². The molecule has 0 radical (unpaired) electrons. The first-order valence-electron chi connectivity index (χ1n) is 8.91. The van der Waals surface area contributed by atoms with Gasteiger partial charge in [-0.1, -0.05) is 24.3 Å². The number of anilines is 1. The summed E-state index contributed by atoms with van der Waals surface area (Å²) in [6.45, 7) is 2.01. The Bertz CT molecular complexity index is 984. The van der Waals surface area contributed by atoms with E-state index in [-0.39, 0.29) is 24.1 Å². The van der Waals surface area contributed by atoms with Gasteiger partial charge in [0, 0.05) is 31.7 Å². The minimum absolute atomic E-state index is 0.0536. The fraction of sp³-hybridized carbons (Fsp3) is 0.263. The molecule has 7 nitrogen and oxygen atoms in total. The van der Waals surface area contributed by atoms with Crippen LogP contribution in [0.5, 0.6) is 0 Å². The second kappa shape index (κ2) is 7.71. The predicted molar refractivity (Wildman–Crippen MR) is 98.4 cm³/mol. The van der Waals surface area contributed by atoms with E-state index >= 15 is 0 Å². The summed E-state index contributed by atoms with van der Waals surface area (Å²) in [5.41, 5.74) is 1.05. The van der Waals surface area contributed by atoms with E-state index in [1.165, 1.54) is 23.0 Å². The van der Waals surface area contributed by atoms with Gasteiger partial charge in [-0.3, -0.25) is 4.79 Å². The van der Waals surface area contributed by atoms with Crippen LogP contribution in [0.4, 0.5) is 14.5 Å². The van der Waals surface area contributed by atoms with Crippen LogP contribution in [0.15, 0.2) is 48.5 Å². The Morgan fingerprint density at radius 1 is 1.00 bits per heavy atom. The lowest BCUT2D eigenvalue weighted by molar-refractivity contribution is -0.132. The Hall–Kier alpha value is -3.36. The third-order valence-electron chi connectivity index (χ3n) is 4.64. The number of tetrazole rings is 1. The molecule has 1 aliphatic rings. The van der Waals surface area contributed by atoms with Crippen molar-refractivity contribution in [1.29, 1.82) is 0 Å². The first-order chi connectivity index (χ1) is 13.6. The molecule has 9 heteroatoms. The molecule has 4 rings (SSSR count). The Labute approximate surface area is 160 Å². The van der Waals surface area contributed by atoms with E-state index in [9.17, 15) is 13.6 Å². The maximum absolute atomic E-state index is 13.9. The first kappa shape index (κ1) is 18.0. The molecule has 2 aromatic carbocycles. The van der Waals surface area contributed by atoms with Crippen LogP contribution in [-0.4, -0.2) is 57.2 Å². The Balaban J connectivity index is 1.36. The van der Waals surface area contributed by atoms with Crippen molar-refractivity contribution < 1.29 is 13.6 Å². The Morgan fingerprint density at radius 2 is 1.79 bits per heavy atom. The highest BCUT2D eigenvalue weighted by Gasteiger charge is 2.23. The molecular weight excluding hydrogens is 366 g/mol. The molecule has 0 atom stereocenters. The summed E-state index contributed by atoms with van der Waals surface area (Å²) in [6.07, 6.45) is 0. The fourth-order valence-corrected chi connectivity index (χ4v) is 3.18. The molecule has 1 aromatic heterocycles. The number of para-hydroxylation sites is 1. The van der Waals surface area contributed by atoms with Gasteiger partial charge in [-0.25, -0.2) is 8.78 Å². The molecule has 0 N–H and O–H groups in total. The van der Waals surface area contributed by atoms with Crippen LogP contribution in [0, 0.1) is 11.6 Å². The SMILES string of the molecule is O=C(Cn1nnc(-c2cccc(F)c2)n1)N1CCN(c2ccccc2F)CC1. The number of benzene rings is 2. The quantitative estimate of drug-likeness (QED) is 0.688. The molecule has 144 valence electrons. The van der Waals surface area contributed by atoms with E-state index < -0.39 is 5.82 Å². The number of hydrogen-bond acceptors (Lipinski definition) is 5. The monoisotopic (exact) mass is 384 g/mol. The molecule has 0 aliphatic carbocycles. The van der Waals surface area contributed by atoms with E-state index in [1.807, 2.05) is 4.90 Å². The van der Waals surface area contributed by atoms with Gasteiger partial charge >= 0.3 is 0 Å². The molecule has 0 spiro atoms. The number of piperazine rings is 1. The zero-order chi connectivity index (χ0) is 19.5. The van der Waals surface area contributed by atoms with Gasteiger partial charge in [0.15, 0.2) is 0 Å². The molecule has 3 aromatic rings. The highest BCUT2D eigenvalue weighted by molar-refractivity contribution is 5.76. The summed E-state index contributed by atoms with van der Waals surface area (Å²) in [7, 11) is 0. The minimum atomic E-state index is -0.391. The first-order valence-corrected chi connectivity index (χ1v) is 8.91. The molecule has 0 saturated carbocycles. The second-order valence-corrected chi connectivity index (χ2v) is 6.47. The van der Waals surface area contributed by atoms with E-state index in [4.69, 9.17) is 0 Å². The second-order valence-electron chi connectivity index (χ2n) is 6.47. The van der Waals surface area contributed by atoms with Crippen LogP contribution in [0.25, 0.3) is 11.4 Å². The summed E-state index contributed by atoms with van der Waals surface area (Å²) in [5.74, 6) is -0.537. The van der Waals surface area contributed by atoms with Crippen LogP contribution in [0.1, 0.15) is 0 Å². The number of nitrogens with zero attached hydrogens (tertiary/aromatic N) is 6. The molecule has 28 heavy (non-hydrogen) atoms. The number of hydrogen-bond donors (Lipinski definition) is 0. The highest BCUT2D eigenvalue weighted by Crippen LogP contribution is 2.20. The molecule has 0 unspecified atom stereocenters. The van der Waals surface area contributed by atoms with Crippen LogP contribution in [0.2, 0.25) is 0 Å². The van der Waals surface area contributed by atoms with Crippen LogP contribution in [-0.2, 0) is 11.3 Å². The zero-order valence-corrected chi connectivity index (χ0v) is 15.0. The van der Waals surface area contributed by atoms with Crippen LogP contribution >= 0.6 is 0 Å². The largest absolute Gasteiger partial charge is 0.366 e. The molecule has 2 heterocycles. The average molecular weight is 384 g/mol. The van der Waals surface area contributed by atoms with Gasteiger partial charge in [0.1, 0.15) is 18.2 Å². The van der Waals surface area contributed by atoms with Crippen molar-refractivity contribution in [3.8, 4) is 11.4 Å². The zero-order valence-electron chi connectivity index (χ0n) is 15.0. The molecule has 1 aliphatic heterocycles. The van der Waals surface area contributed by atoms with Crippen molar-refractivity contribution >= 4 is 11.6 Å². The minimum Gasteiger partial charge on any atom is -0.366 e. The molecule has 0 bridgehead atoms. The van der Waals surface area contributed by atoms with E-state index in [2.05, 4.69) is 15.4 Å². The number of carbonyl (C=O) groups is 1. The van der Waals surface area contributed by atoms with Crippen molar-refractivity contribution in [3.63, 3.8) is 0 Å². The third-order valence-corrected chi connectivity index (χ3v) is 4.64. The normalized spacial score (nSPS) is 14.4. The maximum Gasteiger partial charge on any atom is 0.246 e. The van der Waals surface area contributed by atoms with Crippen molar-refractivity contribution in [3.05, 3.63) is 60.2 Å². The topological polar surface area (TPSA) is 67.2 Å². The van der Waals surface area contributed by atoms with Gasteiger partial charge in [0.2, 0.25) is 11.7 Å². The van der Waals surface area contributed by atoms with Gasteiger partial charge in [-0.05, 0) is 29.5 Å². The summed E-state index contributed by atoms with van der Waals surface area (Å²) in [4.78, 5) is 17.3. The van der Waals surface area contributed by atoms with E-state index in [1.54, 1.807) is 35.2 Å². The van der Waals surface area contributed by atoms with Gasteiger partial charge < -0.3 is 9.80 Å². The molecule has 1 amide bonds. The Kier molecular flexibility index (Phi) is 4.96. The third kappa shape index (κ3) is 3.83. The maximum atomic E-state index is 13.9. The molecule has 1 saturated heterocycles. The predicted octanol–water partition coefficient (Wildman–Crippen LogP) is 1.97. The van der Waals surface area contributed by atoms with Gasteiger partial charge in [-0.2, -0.15) is 4.80 Å². The van der Waals surface area contributed by atoms with Crippen molar-refractivity contribution in [2.45, 2.75) is 6.54 Å². The summed E-state index contributed by atoms with van der Waals surface area (Å²) >= 11 is 0. The van der Waals surface area contributed by atoms with Crippen molar-refractivity contribution in [1.82, 2.24) is 25.1 Å². The smallest absolute Gasteiger partial charge is 0.246 e. The lowest BCUT2D eigenvalue weighted by Gasteiger charge is -2.36. The highest BCUT2D eigenvalue weighted by atomic mass is 19.1. The van der Waals surface area contributed by atoms with Crippen LogP contribution < -0.4 is 4.90 Å². The van der Waals surface area contributed by atoms with Crippen LogP contribution in [0.3, 0.4) is 0 Å². The standard InChI is InChI=1S/C19H18F2N6O/c20-15-5-3-4-14(12-15)19-22-24-27(23-19)13-18(28)26-10-8-25(9-11-26)17-7-2-1-6-16(17)21/h1-7,12H,8-11,13H2. The Morgan fingerprint density at radius 3 is 2.54 bits per heavy atom. The van der Waals surface area contributed by atoms with Gasteiger partial charge in [-0.15, -0.1) is 10.2 Å². The number of rotatable bonds is 4. The number of carbonyl (C=O) groups excluding carboxylic acids is 1. The number of aromatic nitrogens is 4. The van der Waals surface area contributed by atoms with Crippen molar-refractivity contribution in [2.24, 2.45) is 0 Å². The summed E-state index contributed by atoms with van der Waals surface area (Å²) in [6, 6.07) is 12.5.